The van der Waals surface area contributed by atoms with E-state index < -0.39 is 17.0 Å². The molecule has 9 nitrogen and oxygen atoms in total. The summed E-state index contributed by atoms with van der Waals surface area (Å²) in [6.45, 7) is 0. The van der Waals surface area contributed by atoms with Crippen LogP contribution in [-0.4, -0.2) is 29.1 Å². The smallest absolute Gasteiger partial charge is 0.418 e. The molecule has 1 aromatic carbocycles. The summed E-state index contributed by atoms with van der Waals surface area (Å²) in [6.07, 6.45) is 0.483. The van der Waals surface area contributed by atoms with Crippen molar-refractivity contribution in [3.05, 3.63) is 58.3 Å². The van der Waals surface area contributed by atoms with Gasteiger partial charge < -0.3 is 9.47 Å². The van der Waals surface area contributed by atoms with Gasteiger partial charge in [-0.25, -0.2) is 14.6 Å². The summed E-state index contributed by atoms with van der Waals surface area (Å²) in [4.78, 5) is 37.2. The molecule has 1 amide bonds. The maximum absolute atomic E-state index is 11.8. The van der Waals surface area contributed by atoms with Crippen LogP contribution in [0.2, 0.25) is 0 Å². The monoisotopic (exact) mass is 317 g/mol. The van der Waals surface area contributed by atoms with Crippen molar-refractivity contribution in [2.75, 3.05) is 12.4 Å². The van der Waals surface area contributed by atoms with E-state index in [4.69, 9.17) is 4.74 Å². The molecule has 0 unspecified atom stereocenters. The minimum absolute atomic E-state index is 0.0220. The first kappa shape index (κ1) is 15.9. The Balaban J connectivity index is 2.08. The highest BCUT2D eigenvalue weighted by molar-refractivity contribution is 5.98. The Morgan fingerprint density at radius 1 is 1.22 bits per heavy atom. The number of nitrogens with zero attached hydrogens (tertiary/aromatic N) is 2. The van der Waals surface area contributed by atoms with Gasteiger partial charge in [0.25, 0.3) is 5.69 Å². The van der Waals surface area contributed by atoms with E-state index >= 15 is 0 Å². The molecule has 0 aliphatic carbocycles. The Morgan fingerprint density at radius 3 is 2.52 bits per heavy atom. The van der Waals surface area contributed by atoms with Crippen molar-refractivity contribution in [2.45, 2.75) is 0 Å². The van der Waals surface area contributed by atoms with Crippen molar-refractivity contribution in [3.63, 3.8) is 0 Å². The van der Waals surface area contributed by atoms with Crippen LogP contribution in [0.5, 0.6) is 5.75 Å². The lowest BCUT2D eigenvalue weighted by atomic mass is 10.2. The quantitative estimate of drug-likeness (QED) is 0.522. The third kappa shape index (κ3) is 4.00. The fraction of sp³-hybridized carbons (Fsp3) is 0.0714. The average Bonchev–Trinajstić information content (AvgIpc) is 2.55. The summed E-state index contributed by atoms with van der Waals surface area (Å²) in [7, 11) is 1.20. The van der Waals surface area contributed by atoms with Crippen LogP contribution in [0.4, 0.5) is 16.3 Å². The molecule has 0 saturated carbocycles. The van der Waals surface area contributed by atoms with Gasteiger partial charge in [0, 0.05) is 18.3 Å². The number of pyridine rings is 1. The number of nitrogens with one attached hydrogen (secondary N) is 1. The van der Waals surface area contributed by atoms with Crippen LogP contribution < -0.4 is 10.1 Å². The molecule has 0 fully saturated rings. The van der Waals surface area contributed by atoms with Gasteiger partial charge in [0.1, 0.15) is 17.1 Å². The van der Waals surface area contributed by atoms with E-state index in [1.807, 2.05) is 0 Å². The summed E-state index contributed by atoms with van der Waals surface area (Å²) in [5.74, 6) is -0.585. The second-order valence-corrected chi connectivity index (χ2v) is 4.16. The van der Waals surface area contributed by atoms with Crippen LogP contribution in [0.25, 0.3) is 0 Å². The van der Waals surface area contributed by atoms with Crippen LogP contribution in [0, 0.1) is 10.1 Å². The fourth-order valence-electron chi connectivity index (χ4n) is 1.64. The van der Waals surface area contributed by atoms with Gasteiger partial charge in [0.05, 0.1) is 12.0 Å². The molecule has 0 aliphatic rings. The largest absolute Gasteiger partial charge is 0.465 e. The summed E-state index contributed by atoms with van der Waals surface area (Å²) in [5, 5.41) is 12.8. The molecule has 0 aliphatic heterocycles. The predicted octanol–water partition coefficient (Wildman–Crippen LogP) is 2.39. The third-order valence-electron chi connectivity index (χ3n) is 2.69. The Morgan fingerprint density at radius 2 is 1.91 bits per heavy atom. The lowest BCUT2D eigenvalue weighted by molar-refractivity contribution is -0.384. The van der Waals surface area contributed by atoms with Crippen LogP contribution in [0.15, 0.2) is 42.6 Å². The average molecular weight is 317 g/mol. The van der Waals surface area contributed by atoms with Gasteiger partial charge in [0.15, 0.2) is 0 Å². The van der Waals surface area contributed by atoms with Crippen LogP contribution in [0.3, 0.4) is 0 Å². The molecule has 9 heteroatoms. The molecular formula is C14H11N3O6. The predicted molar refractivity (Wildman–Crippen MR) is 78.3 cm³/mol. The molecule has 0 radical (unpaired) electrons. The fourth-order valence-corrected chi connectivity index (χ4v) is 1.64. The number of carbonyl (C=O) groups excluding carboxylic acids is 2. The molecule has 2 aromatic rings. The van der Waals surface area contributed by atoms with Gasteiger partial charge in [-0.05, 0) is 24.3 Å². The zero-order valence-corrected chi connectivity index (χ0v) is 11.9. The summed E-state index contributed by atoms with van der Waals surface area (Å²) < 4.78 is 9.53. The van der Waals surface area contributed by atoms with Crippen molar-refractivity contribution in [1.29, 1.82) is 0 Å². The second-order valence-electron chi connectivity index (χ2n) is 4.16. The van der Waals surface area contributed by atoms with E-state index in [-0.39, 0.29) is 22.8 Å². The molecule has 1 aromatic heterocycles. The number of carbonyl (C=O) groups is 2. The Labute approximate surface area is 130 Å². The van der Waals surface area contributed by atoms with Crippen LogP contribution in [-0.2, 0) is 4.74 Å². The van der Waals surface area contributed by atoms with Gasteiger partial charge in [-0.2, -0.15) is 0 Å². The van der Waals surface area contributed by atoms with E-state index in [0.29, 0.717) is 0 Å². The maximum atomic E-state index is 11.8. The zero-order valence-electron chi connectivity index (χ0n) is 11.9. The Hall–Kier alpha value is -3.49. The molecule has 118 valence electrons. The minimum atomic E-state index is -0.900. The van der Waals surface area contributed by atoms with Crippen molar-refractivity contribution in [3.8, 4) is 5.75 Å². The van der Waals surface area contributed by atoms with E-state index in [2.05, 4.69) is 15.0 Å². The maximum Gasteiger partial charge on any atom is 0.418 e. The molecule has 23 heavy (non-hydrogen) atoms. The highest BCUT2D eigenvalue weighted by atomic mass is 16.6. The van der Waals surface area contributed by atoms with Gasteiger partial charge in [-0.3, -0.25) is 15.4 Å². The van der Waals surface area contributed by atoms with Crippen molar-refractivity contribution in [1.82, 2.24) is 4.98 Å². The molecule has 1 N–H and O–H groups in total. The van der Waals surface area contributed by atoms with E-state index in [1.165, 1.54) is 49.7 Å². The first-order valence-electron chi connectivity index (χ1n) is 6.28. The Bertz CT molecular complexity index is 744. The van der Waals surface area contributed by atoms with Crippen molar-refractivity contribution < 1.29 is 24.0 Å². The first-order chi connectivity index (χ1) is 11.0. The number of rotatable bonds is 4. The molecule has 0 bridgehead atoms. The number of amides is 1. The van der Waals surface area contributed by atoms with Gasteiger partial charge >= 0.3 is 12.1 Å². The Kier molecular flexibility index (Phi) is 4.82. The number of methoxy groups -OCH3 is 1. The van der Waals surface area contributed by atoms with E-state index in [0.717, 1.165) is 0 Å². The topological polar surface area (TPSA) is 121 Å². The number of benzene rings is 1. The number of esters is 1. The van der Waals surface area contributed by atoms with Gasteiger partial charge in [-0.1, -0.05) is 0 Å². The van der Waals surface area contributed by atoms with Gasteiger partial charge in [0.2, 0.25) is 0 Å². The number of hydrogen-bond acceptors (Lipinski definition) is 7. The molecule has 0 saturated heterocycles. The molecule has 2 rings (SSSR count). The second kappa shape index (κ2) is 6.98. The highest BCUT2D eigenvalue weighted by Crippen LogP contribution is 2.18. The zero-order chi connectivity index (χ0) is 16.8. The summed E-state index contributed by atoms with van der Waals surface area (Å²) in [5.41, 5.74) is -0.0638. The number of aromatic nitrogens is 1. The van der Waals surface area contributed by atoms with Gasteiger partial charge in [-0.15, -0.1) is 0 Å². The van der Waals surface area contributed by atoms with Crippen LogP contribution in [0.1, 0.15) is 10.4 Å². The minimum Gasteiger partial charge on any atom is -0.465 e. The lowest BCUT2D eigenvalue weighted by Crippen LogP contribution is -2.20. The van der Waals surface area contributed by atoms with E-state index in [9.17, 15) is 19.7 Å². The van der Waals surface area contributed by atoms with Crippen molar-refractivity contribution >= 4 is 23.6 Å². The number of non-ortho nitro benzene ring substituents is 1. The molecule has 0 spiro atoms. The van der Waals surface area contributed by atoms with Crippen molar-refractivity contribution in [2.24, 2.45) is 0 Å². The lowest BCUT2D eigenvalue weighted by Gasteiger charge is -2.08. The molecule has 0 atom stereocenters. The van der Waals surface area contributed by atoms with Crippen LogP contribution >= 0.6 is 0 Å². The first-order valence-corrected chi connectivity index (χ1v) is 6.28. The summed E-state index contributed by atoms with van der Waals surface area (Å²) in [6, 6.07) is 7.89. The number of anilines is 1. The standard InChI is InChI=1S/C14H11N3O6/c1-22-13(18)11-3-2-8-15-12(11)16-14(19)23-10-6-4-9(5-7-10)17(20)21/h2-8H,1H3,(H,15,16,19). The SMILES string of the molecule is COC(=O)c1cccnc1NC(=O)Oc1ccc([N+](=O)[O-])cc1. The normalized spacial score (nSPS) is 9.78. The number of nitro groups is 1. The molecular weight excluding hydrogens is 306 g/mol. The summed E-state index contributed by atoms with van der Waals surface area (Å²) >= 11 is 0. The number of nitro benzene ring substituents is 1. The van der Waals surface area contributed by atoms with E-state index in [1.54, 1.807) is 0 Å². The third-order valence-corrected chi connectivity index (χ3v) is 2.69. The number of ether oxygens (including phenoxy) is 2. The number of hydrogen-bond donors (Lipinski definition) is 1. The molecule has 1 heterocycles. The highest BCUT2D eigenvalue weighted by Gasteiger charge is 2.16.